The van der Waals surface area contributed by atoms with E-state index in [1.54, 1.807) is 0 Å². The lowest BCUT2D eigenvalue weighted by molar-refractivity contribution is -0.155. The lowest BCUT2D eigenvalue weighted by atomic mass is 10.1. The van der Waals surface area contributed by atoms with Crippen LogP contribution in [-0.4, -0.2) is 58.6 Å². The van der Waals surface area contributed by atoms with E-state index in [1.807, 2.05) is 0 Å². The first kappa shape index (κ1) is 12.2. The fraction of sp³-hybridized carbons (Fsp3) is 0.667. The monoisotopic (exact) mass is 249 g/mol. The minimum absolute atomic E-state index is 0.0759. The molecule has 0 aromatic heterocycles. The van der Waals surface area contributed by atoms with Crippen LogP contribution in [0.25, 0.3) is 0 Å². The smallest absolute Gasteiger partial charge is 0.319 e. The van der Waals surface area contributed by atoms with Gasteiger partial charge in [-0.25, -0.2) is 4.99 Å². The Labute approximate surface area is 96.0 Å². The number of ether oxygens (including phenoxy) is 1. The van der Waals surface area contributed by atoms with Crippen molar-refractivity contribution in [3.63, 3.8) is 0 Å². The van der Waals surface area contributed by atoms with Crippen molar-refractivity contribution in [3.8, 4) is 0 Å². The third kappa shape index (κ3) is 1.99. The van der Waals surface area contributed by atoms with Gasteiger partial charge in [-0.15, -0.1) is 0 Å². The molecule has 0 bridgehead atoms. The molecule has 0 saturated carbocycles. The molecule has 1 fully saturated rings. The molecule has 8 heteroatoms. The van der Waals surface area contributed by atoms with E-state index in [-0.39, 0.29) is 12.5 Å². The quantitative estimate of drug-likeness (QED) is 0.574. The van der Waals surface area contributed by atoms with Crippen molar-refractivity contribution in [1.29, 1.82) is 0 Å². The standard InChI is InChI=1S/C9H13F2N3O3/c10-9(11)7(16)5(3-15)17-8(9)14-2-1-6(12)13-4-14/h1-2,5,7-8,15-16H,3-4H2,(H2,12,13). The van der Waals surface area contributed by atoms with Crippen LogP contribution in [0.2, 0.25) is 0 Å². The molecule has 3 atom stereocenters. The van der Waals surface area contributed by atoms with Gasteiger partial charge in [0.05, 0.1) is 6.61 Å². The van der Waals surface area contributed by atoms with Gasteiger partial charge in [-0.3, -0.25) is 0 Å². The number of halogens is 2. The number of rotatable bonds is 2. The molecule has 3 unspecified atom stereocenters. The molecule has 0 radical (unpaired) electrons. The van der Waals surface area contributed by atoms with Crippen LogP contribution in [0.5, 0.6) is 0 Å². The molecule has 1 saturated heterocycles. The van der Waals surface area contributed by atoms with Crippen LogP contribution in [0, 0.1) is 0 Å². The lowest BCUT2D eigenvalue weighted by Crippen LogP contribution is -2.48. The molecule has 6 nitrogen and oxygen atoms in total. The van der Waals surface area contributed by atoms with E-state index < -0.39 is 31.0 Å². The van der Waals surface area contributed by atoms with Gasteiger partial charge in [0.1, 0.15) is 18.6 Å². The average molecular weight is 249 g/mol. The Balaban J connectivity index is 2.14. The number of amidine groups is 1. The van der Waals surface area contributed by atoms with E-state index in [0.717, 1.165) is 4.90 Å². The van der Waals surface area contributed by atoms with Crippen molar-refractivity contribution in [3.05, 3.63) is 12.3 Å². The number of aliphatic hydroxyl groups excluding tert-OH is 2. The lowest BCUT2D eigenvalue weighted by Gasteiger charge is -2.30. The van der Waals surface area contributed by atoms with Crippen LogP contribution in [0.3, 0.4) is 0 Å². The van der Waals surface area contributed by atoms with E-state index in [2.05, 4.69) is 4.99 Å². The SMILES string of the molecule is NC1=NCN(C2OC(CO)C(O)C2(F)F)C=C1. The number of aliphatic imine (C=N–C) groups is 1. The fourth-order valence-corrected chi connectivity index (χ4v) is 1.75. The second-order valence-corrected chi connectivity index (χ2v) is 3.88. The molecule has 0 amide bonds. The first-order chi connectivity index (χ1) is 7.96. The molecular formula is C9H13F2N3O3. The zero-order valence-corrected chi connectivity index (χ0v) is 8.83. The topological polar surface area (TPSA) is 91.3 Å². The van der Waals surface area contributed by atoms with Crippen molar-refractivity contribution < 1.29 is 23.7 Å². The Morgan fingerprint density at radius 1 is 1.65 bits per heavy atom. The molecule has 0 aromatic rings. The number of alkyl halides is 2. The average Bonchev–Trinajstić information content (AvgIpc) is 2.53. The van der Waals surface area contributed by atoms with Crippen LogP contribution in [0.15, 0.2) is 17.3 Å². The summed E-state index contributed by atoms with van der Waals surface area (Å²) in [5.74, 6) is -3.24. The summed E-state index contributed by atoms with van der Waals surface area (Å²) < 4.78 is 32.3. The number of nitrogens with zero attached hydrogens (tertiary/aromatic N) is 2. The van der Waals surface area contributed by atoms with Gasteiger partial charge in [0.15, 0.2) is 12.3 Å². The summed E-state index contributed by atoms with van der Waals surface area (Å²) in [6, 6.07) is 0. The number of hydrogen-bond donors (Lipinski definition) is 3. The summed E-state index contributed by atoms with van der Waals surface area (Å²) in [4.78, 5) is 4.89. The van der Waals surface area contributed by atoms with Gasteiger partial charge >= 0.3 is 5.92 Å². The largest absolute Gasteiger partial charge is 0.394 e. The third-order valence-electron chi connectivity index (χ3n) is 2.71. The van der Waals surface area contributed by atoms with Crippen molar-refractivity contribution in [1.82, 2.24) is 4.90 Å². The van der Waals surface area contributed by atoms with E-state index in [0.29, 0.717) is 0 Å². The molecule has 17 heavy (non-hydrogen) atoms. The highest BCUT2D eigenvalue weighted by molar-refractivity contribution is 5.91. The van der Waals surface area contributed by atoms with Crippen molar-refractivity contribution in [2.75, 3.05) is 13.3 Å². The van der Waals surface area contributed by atoms with Gasteiger partial charge in [0, 0.05) is 6.20 Å². The van der Waals surface area contributed by atoms with E-state index in [1.165, 1.54) is 12.3 Å². The number of hydrogen-bond acceptors (Lipinski definition) is 6. The Bertz CT molecular complexity index is 361. The molecule has 2 rings (SSSR count). The highest BCUT2D eigenvalue weighted by Gasteiger charge is 2.60. The zero-order chi connectivity index (χ0) is 12.6. The summed E-state index contributed by atoms with van der Waals surface area (Å²) in [6.07, 6.45) is -2.29. The van der Waals surface area contributed by atoms with Gasteiger partial charge in [-0.05, 0) is 6.08 Å². The van der Waals surface area contributed by atoms with Crippen LogP contribution < -0.4 is 5.73 Å². The fourth-order valence-electron chi connectivity index (χ4n) is 1.75. The molecule has 2 aliphatic rings. The Morgan fingerprint density at radius 3 is 2.82 bits per heavy atom. The summed E-state index contributed by atoms with van der Waals surface area (Å²) in [7, 11) is 0. The van der Waals surface area contributed by atoms with E-state index in [9.17, 15) is 13.9 Å². The summed E-state index contributed by atoms with van der Waals surface area (Å²) in [5.41, 5.74) is 5.36. The molecule has 2 aliphatic heterocycles. The maximum Gasteiger partial charge on any atom is 0.319 e. The number of nitrogens with two attached hydrogens (primary N) is 1. The van der Waals surface area contributed by atoms with Gasteiger partial charge in [-0.2, -0.15) is 8.78 Å². The van der Waals surface area contributed by atoms with Gasteiger partial charge < -0.3 is 25.6 Å². The Morgan fingerprint density at radius 2 is 2.35 bits per heavy atom. The summed E-state index contributed by atoms with van der Waals surface area (Å²) in [5, 5.41) is 18.1. The van der Waals surface area contributed by atoms with Crippen LogP contribution in [-0.2, 0) is 4.74 Å². The predicted molar refractivity (Wildman–Crippen MR) is 54.2 cm³/mol. The molecule has 0 aliphatic carbocycles. The molecule has 0 spiro atoms. The molecule has 4 N–H and O–H groups in total. The molecular weight excluding hydrogens is 236 g/mol. The second-order valence-electron chi connectivity index (χ2n) is 3.88. The minimum Gasteiger partial charge on any atom is -0.394 e. The summed E-state index contributed by atoms with van der Waals surface area (Å²) in [6.45, 7) is -0.746. The first-order valence-corrected chi connectivity index (χ1v) is 5.03. The van der Waals surface area contributed by atoms with Gasteiger partial charge in [0.25, 0.3) is 0 Å². The van der Waals surface area contributed by atoms with Crippen molar-refractivity contribution >= 4 is 5.84 Å². The van der Waals surface area contributed by atoms with Crippen LogP contribution in [0.1, 0.15) is 0 Å². The Kier molecular flexibility index (Phi) is 3.02. The van der Waals surface area contributed by atoms with Crippen molar-refractivity contribution in [2.24, 2.45) is 10.7 Å². The second kappa shape index (κ2) is 4.21. The highest BCUT2D eigenvalue weighted by atomic mass is 19.3. The van der Waals surface area contributed by atoms with E-state index in [4.69, 9.17) is 15.6 Å². The van der Waals surface area contributed by atoms with Crippen LogP contribution in [0.4, 0.5) is 8.78 Å². The maximum absolute atomic E-state index is 13.7. The summed E-state index contributed by atoms with van der Waals surface area (Å²) >= 11 is 0. The predicted octanol–water partition coefficient (Wildman–Crippen LogP) is -1.16. The first-order valence-electron chi connectivity index (χ1n) is 5.03. The molecule has 96 valence electrons. The third-order valence-corrected chi connectivity index (χ3v) is 2.71. The Hall–Kier alpha value is -1.25. The van der Waals surface area contributed by atoms with Crippen LogP contribution >= 0.6 is 0 Å². The van der Waals surface area contributed by atoms with Gasteiger partial charge in [0.2, 0.25) is 0 Å². The molecule has 2 heterocycles. The zero-order valence-electron chi connectivity index (χ0n) is 8.83. The van der Waals surface area contributed by atoms with E-state index >= 15 is 0 Å². The van der Waals surface area contributed by atoms with Gasteiger partial charge in [-0.1, -0.05) is 0 Å². The normalized spacial score (nSPS) is 36.1. The number of aliphatic hydroxyl groups is 2. The molecule has 0 aromatic carbocycles. The van der Waals surface area contributed by atoms with Crippen molar-refractivity contribution in [2.45, 2.75) is 24.4 Å². The highest BCUT2D eigenvalue weighted by Crippen LogP contribution is 2.38. The minimum atomic E-state index is -3.47. The maximum atomic E-state index is 13.7.